The van der Waals surface area contributed by atoms with Crippen molar-refractivity contribution < 1.29 is 8.42 Å². The Morgan fingerprint density at radius 1 is 1.38 bits per heavy atom. The number of nitrogens with zero attached hydrogens (tertiary/aromatic N) is 1. The van der Waals surface area contributed by atoms with Gasteiger partial charge in [0.1, 0.15) is 0 Å². The van der Waals surface area contributed by atoms with Gasteiger partial charge in [0.25, 0.3) is 0 Å². The van der Waals surface area contributed by atoms with Crippen LogP contribution in [0.4, 0.5) is 0 Å². The summed E-state index contributed by atoms with van der Waals surface area (Å²) in [6.45, 7) is 9.64. The molecule has 16 heavy (non-hydrogen) atoms. The van der Waals surface area contributed by atoms with Crippen LogP contribution in [0.15, 0.2) is 0 Å². The largest absolute Gasteiger partial charge is 0.330 e. The molecule has 1 fully saturated rings. The fourth-order valence-corrected chi connectivity index (χ4v) is 4.18. The summed E-state index contributed by atoms with van der Waals surface area (Å²) in [5.74, 6) is 0.209. The van der Waals surface area contributed by atoms with Crippen molar-refractivity contribution in [1.82, 2.24) is 4.31 Å². The lowest BCUT2D eigenvalue weighted by Crippen LogP contribution is -2.38. The first-order valence-corrected chi connectivity index (χ1v) is 7.37. The molecule has 0 radical (unpaired) electrons. The standard InChI is InChI=1S/C11H24N2O2S/c1-10(2,3)9-16(14,15)13-6-5-11(4,7-12)8-13/h5-9,12H2,1-4H3. The Morgan fingerprint density at radius 3 is 2.31 bits per heavy atom. The van der Waals surface area contributed by atoms with Crippen molar-refractivity contribution >= 4 is 10.0 Å². The molecule has 0 saturated carbocycles. The third-order valence-corrected chi connectivity index (χ3v) is 5.35. The van der Waals surface area contributed by atoms with Gasteiger partial charge in [-0.3, -0.25) is 0 Å². The number of sulfonamides is 1. The fourth-order valence-electron chi connectivity index (χ4n) is 2.02. The third kappa shape index (κ3) is 3.43. The van der Waals surface area contributed by atoms with E-state index in [0.717, 1.165) is 6.42 Å². The van der Waals surface area contributed by atoms with Gasteiger partial charge in [-0.2, -0.15) is 0 Å². The molecule has 0 aromatic carbocycles. The second-order valence-electron chi connectivity index (χ2n) is 6.42. The highest BCUT2D eigenvalue weighted by Crippen LogP contribution is 2.31. The predicted molar refractivity (Wildman–Crippen MR) is 66.6 cm³/mol. The third-order valence-electron chi connectivity index (χ3n) is 3.02. The van der Waals surface area contributed by atoms with Crippen molar-refractivity contribution in [2.75, 3.05) is 25.4 Å². The van der Waals surface area contributed by atoms with Crippen LogP contribution in [0.3, 0.4) is 0 Å². The molecule has 1 heterocycles. The Labute approximate surface area is 99.2 Å². The van der Waals surface area contributed by atoms with Gasteiger partial charge in [-0.05, 0) is 23.8 Å². The maximum atomic E-state index is 12.1. The predicted octanol–water partition coefficient (Wildman–Crippen LogP) is 1.03. The van der Waals surface area contributed by atoms with Crippen LogP contribution in [-0.2, 0) is 10.0 Å². The quantitative estimate of drug-likeness (QED) is 0.811. The molecule has 1 rings (SSSR count). The van der Waals surface area contributed by atoms with E-state index in [0.29, 0.717) is 19.6 Å². The molecule has 0 aromatic heterocycles. The van der Waals surface area contributed by atoms with Crippen LogP contribution in [0, 0.1) is 10.8 Å². The Bertz CT molecular complexity index is 345. The number of rotatable bonds is 3. The average Bonchev–Trinajstić information content (AvgIpc) is 2.45. The monoisotopic (exact) mass is 248 g/mol. The molecule has 1 aliphatic rings. The molecular formula is C11H24N2O2S. The number of hydrogen-bond acceptors (Lipinski definition) is 3. The van der Waals surface area contributed by atoms with Gasteiger partial charge in [0, 0.05) is 13.1 Å². The van der Waals surface area contributed by atoms with Gasteiger partial charge in [0.15, 0.2) is 0 Å². The first-order chi connectivity index (χ1) is 7.08. The molecule has 1 saturated heterocycles. The highest BCUT2D eigenvalue weighted by molar-refractivity contribution is 7.89. The van der Waals surface area contributed by atoms with Crippen LogP contribution in [0.1, 0.15) is 34.1 Å². The molecule has 5 heteroatoms. The van der Waals surface area contributed by atoms with Gasteiger partial charge in [0.2, 0.25) is 10.0 Å². The second-order valence-corrected chi connectivity index (χ2v) is 8.38. The van der Waals surface area contributed by atoms with Crippen molar-refractivity contribution in [1.29, 1.82) is 0 Å². The summed E-state index contributed by atoms with van der Waals surface area (Å²) in [6.07, 6.45) is 0.868. The van der Waals surface area contributed by atoms with Crippen molar-refractivity contribution in [3.05, 3.63) is 0 Å². The Balaban J connectivity index is 2.74. The van der Waals surface area contributed by atoms with Crippen LogP contribution in [0.5, 0.6) is 0 Å². The molecule has 0 aliphatic carbocycles. The minimum absolute atomic E-state index is 0.0368. The molecule has 1 aliphatic heterocycles. The van der Waals surface area contributed by atoms with E-state index in [9.17, 15) is 8.42 Å². The SMILES string of the molecule is CC(C)(C)CS(=O)(=O)N1CCC(C)(CN)C1. The summed E-state index contributed by atoms with van der Waals surface area (Å²) in [7, 11) is -3.12. The van der Waals surface area contributed by atoms with Crippen molar-refractivity contribution in [2.45, 2.75) is 34.1 Å². The van der Waals surface area contributed by atoms with Crippen LogP contribution in [0.25, 0.3) is 0 Å². The molecule has 1 unspecified atom stereocenters. The van der Waals surface area contributed by atoms with Gasteiger partial charge in [-0.15, -0.1) is 0 Å². The van der Waals surface area contributed by atoms with Gasteiger partial charge >= 0.3 is 0 Å². The molecule has 1 atom stereocenters. The lowest BCUT2D eigenvalue weighted by atomic mass is 9.90. The smallest absolute Gasteiger partial charge is 0.214 e. The normalized spacial score (nSPS) is 28.6. The summed E-state index contributed by atoms with van der Waals surface area (Å²) >= 11 is 0. The van der Waals surface area contributed by atoms with E-state index < -0.39 is 10.0 Å². The minimum Gasteiger partial charge on any atom is -0.330 e. The van der Waals surface area contributed by atoms with Crippen molar-refractivity contribution in [2.24, 2.45) is 16.6 Å². The molecule has 0 amide bonds. The van der Waals surface area contributed by atoms with Crippen LogP contribution < -0.4 is 5.73 Å². The molecule has 0 bridgehead atoms. The highest BCUT2D eigenvalue weighted by atomic mass is 32.2. The highest BCUT2D eigenvalue weighted by Gasteiger charge is 2.39. The second kappa shape index (κ2) is 4.27. The summed E-state index contributed by atoms with van der Waals surface area (Å²) < 4.78 is 25.9. The number of nitrogens with two attached hydrogens (primary N) is 1. The van der Waals surface area contributed by atoms with Crippen molar-refractivity contribution in [3.63, 3.8) is 0 Å². The van der Waals surface area contributed by atoms with E-state index >= 15 is 0 Å². The van der Waals surface area contributed by atoms with Gasteiger partial charge in [-0.25, -0.2) is 12.7 Å². The lowest BCUT2D eigenvalue weighted by Gasteiger charge is -2.25. The zero-order valence-electron chi connectivity index (χ0n) is 10.8. The maximum Gasteiger partial charge on any atom is 0.214 e. The van der Waals surface area contributed by atoms with E-state index in [1.165, 1.54) is 0 Å². The van der Waals surface area contributed by atoms with Crippen molar-refractivity contribution in [3.8, 4) is 0 Å². The van der Waals surface area contributed by atoms with Gasteiger partial charge in [-0.1, -0.05) is 27.7 Å². The Kier molecular flexibility index (Phi) is 3.72. The maximum absolute atomic E-state index is 12.1. The average molecular weight is 248 g/mol. The van der Waals surface area contributed by atoms with Gasteiger partial charge < -0.3 is 5.73 Å². The zero-order valence-corrected chi connectivity index (χ0v) is 11.6. The van der Waals surface area contributed by atoms with E-state index in [4.69, 9.17) is 5.73 Å². The number of hydrogen-bond donors (Lipinski definition) is 1. The summed E-state index contributed by atoms with van der Waals surface area (Å²) in [6, 6.07) is 0. The first-order valence-electron chi connectivity index (χ1n) is 5.76. The zero-order chi connectivity index (χ0) is 12.6. The lowest BCUT2D eigenvalue weighted by molar-refractivity contribution is 0.346. The van der Waals surface area contributed by atoms with E-state index in [1.54, 1.807) is 4.31 Å². The first kappa shape index (κ1) is 13.9. The Hall–Kier alpha value is -0.130. The van der Waals surface area contributed by atoms with Crippen LogP contribution in [0.2, 0.25) is 0 Å². The minimum atomic E-state index is -3.12. The molecule has 2 N–H and O–H groups in total. The van der Waals surface area contributed by atoms with Gasteiger partial charge in [0.05, 0.1) is 5.75 Å². The topological polar surface area (TPSA) is 63.4 Å². The Morgan fingerprint density at radius 2 is 1.94 bits per heavy atom. The van der Waals surface area contributed by atoms with Crippen LogP contribution >= 0.6 is 0 Å². The van der Waals surface area contributed by atoms with E-state index in [-0.39, 0.29) is 16.6 Å². The fraction of sp³-hybridized carbons (Fsp3) is 1.00. The summed E-state index contributed by atoms with van der Waals surface area (Å²) in [5.41, 5.74) is 5.45. The molecule has 96 valence electrons. The summed E-state index contributed by atoms with van der Waals surface area (Å²) in [5, 5.41) is 0. The molecule has 4 nitrogen and oxygen atoms in total. The van der Waals surface area contributed by atoms with E-state index in [1.807, 2.05) is 20.8 Å². The summed E-state index contributed by atoms with van der Waals surface area (Å²) in [4.78, 5) is 0. The molecule has 0 aromatic rings. The van der Waals surface area contributed by atoms with Crippen LogP contribution in [-0.4, -0.2) is 38.1 Å². The molecular weight excluding hydrogens is 224 g/mol. The molecule has 0 spiro atoms. The van der Waals surface area contributed by atoms with E-state index in [2.05, 4.69) is 6.92 Å².